The van der Waals surface area contributed by atoms with Gasteiger partial charge in [0.1, 0.15) is 0 Å². The Morgan fingerprint density at radius 2 is 2.04 bits per heavy atom. The van der Waals surface area contributed by atoms with Gasteiger partial charge in [-0.15, -0.1) is 0 Å². The Morgan fingerprint density at radius 3 is 2.85 bits per heavy atom. The van der Waals surface area contributed by atoms with Gasteiger partial charge in [-0.3, -0.25) is 14.7 Å². The molecule has 27 heavy (non-hydrogen) atoms. The Labute approximate surface area is 159 Å². The average Bonchev–Trinajstić information content (AvgIpc) is 3.45. The van der Waals surface area contributed by atoms with Gasteiger partial charge < -0.3 is 10.6 Å². The molecule has 1 saturated carbocycles. The molecule has 1 heterocycles. The predicted molar refractivity (Wildman–Crippen MR) is 104 cm³/mol. The van der Waals surface area contributed by atoms with Crippen LogP contribution in [0.3, 0.4) is 0 Å². The van der Waals surface area contributed by atoms with Gasteiger partial charge in [0.15, 0.2) is 0 Å². The number of hydrogen-bond acceptors (Lipinski definition) is 3. The van der Waals surface area contributed by atoms with Gasteiger partial charge in [0.05, 0.1) is 5.69 Å². The molecule has 1 aromatic carbocycles. The van der Waals surface area contributed by atoms with E-state index >= 15 is 0 Å². The number of H-pyrrole nitrogens is 1. The molecule has 0 atom stereocenters. The van der Waals surface area contributed by atoms with E-state index in [-0.39, 0.29) is 17.7 Å². The number of fused-ring (bicyclic) bond motifs is 1. The molecule has 2 aliphatic carbocycles. The van der Waals surface area contributed by atoms with Gasteiger partial charge in [0.25, 0.3) is 5.91 Å². The van der Waals surface area contributed by atoms with Gasteiger partial charge in [-0.05, 0) is 68.7 Å². The first-order valence-electron chi connectivity index (χ1n) is 9.86. The van der Waals surface area contributed by atoms with Crippen LogP contribution in [0.1, 0.15) is 58.6 Å². The van der Waals surface area contributed by atoms with Crippen molar-refractivity contribution in [1.82, 2.24) is 15.5 Å². The van der Waals surface area contributed by atoms with Crippen LogP contribution < -0.4 is 10.6 Å². The molecule has 6 heteroatoms. The fraction of sp³-hybridized carbons (Fsp3) is 0.476. The third-order valence-corrected chi connectivity index (χ3v) is 5.50. The van der Waals surface area contributed by atoms with Crippen LogP contribution in [0.4, 0.5) is 5.69 Å². The first-order chi connectivity index (χ1) is 13.1. The summed E-state index contributed by atoms with van der Waals surface area (Å²) < 4.78 is 0. The van der Waals surface area contributed by atoms with Gasteiger partial charge in [0.2, 0.25) is 5.91 Å². The number of aromatic nitrogens is 2. The quantitative estimate of drug-likeness (QED) is 0.735. The zero-order valence-electron chi connectivity index (χ0n) is 15.7. The molecule has 4 rings (SSSR count). The molecule has 2 aliphatic rings. The van der Waals surface area contributed by atoms with Crippen LogP contribution in [-0.2, 0) is 24.1 Å². The van der Waals surface area contributed by atoms with Crippen molar-refractivity contribution < 1.29 is 9.59 Å². The largest absolute Gasteiger partial charge is 0.352 e. The fourth-order valence-corrected chi connectivity index (χ4v) is 3.63. The van der Waals surface area contributed by atoms with Crippen molar-refractivity contribution >= 4 is 17.5 Å². The van der Waals surface area contributed by atoms with Crippen LogP contribution >= 0.6 is 0 Å². The molecule has 0 bridgehead atoms. The van der Waals surface area contributed by atoms with Crippen LogP contribution in [0.5, 0.6) is 0 Å². The smallest absolute Gasteiger partial charge is 0.251 e. The zero-order valence-corrected chi connectivity index (χ0v) is 15.7. The number of amides is 2. The molecule has 0 saturated heterocycles. The summed E-state index contributed by atoms with van der Waals surface area (Å²) in [5.41, 5.74) is 5.93. The number of carbonyl (C=O) groups is 2. The Kier molecular flexibility index (Phi) is 4.97. The Bertz CT molecular complexity index is 867. The number of aryl methyl sites for hydroxylation is 2. The summed E-state index contributed by atoms with van der Waals surface area (Å²) >= 11 is 0. The number of hydrogen-bond donors (Lipinski definition) is 3. The lowest BCUT2D eigenvalue weighted by atomic mass is 9.95. The molecule has 1 fully saturated rings. The number of nitrogens with zero attached hydrogens (tertiary/aromatic N) is 1. The molecule has 0 aliphatic heterocycles. The standard InChI is InChI=1S/C21H26N4O2/c1-13-6-7-15(12-19(13)23-21(27)14-8-9-14)20(26)22-11-10-18-16-4-2-3-5-17(16)24-25-18/h6-7,12,14H,2-5,8-11H2,1H3,(H,22,26)(H,23,27)(H,24,25). The Balaban J connectivity index is 1.35. The van der Waals surface area contributed by atoms with Crippen molar-refractivity contribution in [2.45, 2.75) is 51.9 Å². The van der Waals surface area contributed by atoms with Crippen LogP contribution in [-0.4, -0.2) is 28.6 Å². The van der Waals surface area contributed by atoms with Crippen molar-refractivity contribution in [3.63, 3.8) is 0 Å². The van der Waals surface area contributed by atoms with Crippen molar-refractivity contribution in [2.24, 2.45) is 5.92 Å². The summed E-state index contributed by atoms with van der Waals surface area (Å²) in [6.45, 7) is 2.48. The maximum Gasteiger partial charge on any atom is 0.251 e. The van der Waals surface area contributed by atoms with Gasteiger partial charge in [-0.2, -0.15) is 5.10 Å². The van der Waals surface area contributed by atoms with Gasteiger partial charge >= 0.3 is 0 Å². The van der Waals surface area contributed by atoms with Crippen molar-refractivity contribution in [3.05, 3.63) is 46.3 Å². The second kappa shape index (κ2) is 7.55. The van der Waals surface area contributed by atoms with E-state index in [1.807, 2.05) is 13.0 Å². The van der Waals surface area contributed by atoms with E-state index in [1.165, 1.54) is 24.1 Å². The molecular weight excluding hydrogens is 340 g/mol. The summed E-state index contributed by atoms with van der Waals surface area (Å²) in [6.07, 6.45) is 7.24. The van der Waals surface area contributed by atoms with Crippen molar-refractivity contribution in [3.8, 4) is 0 Å². The minimum Gasteiger partial charge on any atom is -0.352 e. The third kappa shape index (κ3) is 4.04. The highest BCUT2D eigenvalue weighted by atomic mass is 16.2. The normalized spacial score (nSPS) is 15.9. The summed E-state index contributed by atoms with van der Waals surface area (Å²) in [5, 5.41) is 13.5. The monoisotopic (exact) mass is 366 g/mol. The minimum atomic E-state index is -0.124. The average molecular weight is 366 g/mol. The highest BCUT2D eigenvalue weighted by Crippen LogP contribution is 2.31. The molecule has 0 unspecified atom stereocenters. The van der Waals surface area contributed by atoms with Crippen LogP contribution in [0.2, 0.25) is 0 Å². The number of benzene rings is 1. The fourth-order valence-electron chi connectivity index (χ4n) is 3.63. The first-order valence-corrected chi connectivity index (χ1v) is 9.86. The topological polar surface area (TPSA) is 86.9 Å². The molecule has 2 amide bonds. The zero-order chi connectivity index (χ0) is 18.8. The van der Waals surface area contributed by atoms with E-state index in [2.05, 4.69) is 20.8 Å². The molecule has 0 radical (unpaired) electrons. The summed E-state index contributed by atoms with van der Waals surface area (Å²) in [5.74, 6) is 0.0712. The van der Waals surface area contributed by atoms with Crippen LogP contribution in [0.15, 0.2) is 18.2 Å². The molecule has 0 spiro atoms. The van der Waals surface area contributed by atoms with Crippen LogP contribution in [0.25, 0.3) is 0 Å². The molecule has 2 aromatic rings. The molecule has 3 N–H and O–H groups in total. The SMILES string of the molecule is Cc1ccc(C(=O)NCCc2n[nH]c3c2CCCC3)cc1NC(=O)C1CC1. The Morgan fingerprint density at radius 1 is 1.22 bits per heavy atom. The summed E-state index contributed by atoms with van der Waals surface area (Å²) in [6, 6.07) is 5.44. The lowest BCUT2D eigenvalue weighted by Gasteiger charge is -2.12. The number of rotatable bonds is 6. The Hall–Kier alpha value is -2.63. The third-order valence-electron chi connectivity index (χ3n) is 5.50. The first kappa shape index (κ1) is 17.8. The van der Waals surface area contributed by atoms with E-state index in [0.717, 1.165) is 49.0 Å². The number of anilines is 1. The molecular formula is C21H26N4O2. The molecule has 142 valence electrons. The van der Waals surface area contributed by atoms with Crippen LogP contribution in [0, 0.1) is 12.8 Å². The number of nitrogens with one attached hydrogen (secondary N) is 3. The number of carbonyl (C=O) groups excluding carboxylic acids is 2. The van der Waals surface area contributed by atoms with Gasteiger partial charge in [-0.1, -0.05) is 6.07 Å². The summed E-state index contributed by atoms with van der Waals surface area (Å²) in [4.78, 5) is 24.5. The van der Waals surface area contributed by atoms with Crippen molar-refractivity contribution in [2.75, 3.05) is 11.9 Å². The second-order valence-corrected chi connectivity index (χ2v) is 7.63. The maximum atomic E-state index is 12.5. The van der Waals surface area contributed by atoms with E-state index < -0.39 is 0 Å². The minimum absolute atomic E-state index is 0.0546. The number of aromatic amines is 1. The van der Waals surface area contributed by atoms with Gasteiger partial charge in [-0.25, -0.2) is 0 Å². The van der Waals surface area contributed by atoms with E-state index in [9.17, 15) is 9.59 Å². The predicted octanol–water partition coefficient (Wildman–Crippen LogP) is 2.92. The second-order valence-electron chi connectivity index (χ2n) is 7.63. The lowest BCUT2D eigenvalue weighted by molar-refractivity contribution is -0.117. The summed E-state index contributed by atoms with van der Waals surface area (Å²) in [7, 11) is 0. The van der Waals surface area contributed by atoms with Crippen molar-refractivity contribution in [1.29, 1.82) is 0 Å². The van der Waals surface area contributed by atoms with E-state index in [4.69, 9.17) is 0 Å². The maximum absolute atomic E-state index is 12.5. The molecule has 1 aromatic heterocycles. The van der Waals surface area contributed by atoms with E-state index in [1.54, 1.807) is 12.1 Å². The highest BCUT2D eigenvalue weighted by Gasteiger charge is 2.29. The lowest BCUT2D eigenvalue weighted by Crippen LogP contribution is -2.26. The molecule has 6 nitrogen and oxygen atoms in total. The van der Waals surface area contributed by atoms with E-state index in [0.29, 0.717) is 12.1 Å². The van der Waals surface area contributed by atoms with Gasteiger partial charge in [0, 0.05) is 35.8 Å². The highest BCUT2D eigenvalue weighted by molar-refractivity contribution is 5.98.